The van der Waals surface area contributed by atoms with Gasteiger partial charge >= 0.3 is 5.97 Å². The zero-order valence-electron chi connectivity index (χ0n) is 13.2. The van der Waals surface area contributed by atoms with Crippen LogP contribution in [-0.2, 0) is 9.59 Å². The average molecular weight is 295 g/mol. The molecule has 0 radical (unpaired) electrons. The number of hydrogen-bond donors (Lipinski definition) is 2. The second kappa shape index (κ2) is 6.80. The van der Waals surface area contributed by atoms with Gasteiger partial charge in [-0.05, 0) is 31.1 Å². The third-order valence-electron chi connectivity index (χ3n) is 5.57. The van der Waals surface area contributed by atoms with Gasteiger partial charge in [0.05, 0.1) is 6.42 Å². The van der Waals surface area contributed by atoms with Gasteiger partial charge in [-0.1, -0.05) is 45.4 Å². The molecule has 0 saturated heterocycles. The summed E-state index contributed by atoms with van der Waals surface area (Å²) in [6.45, 7) is 2.60. The van der Waals surface area contributed by atoms with Gasteiger partial charge in [0.2, 0.25) is 5.91 Å². The largest absolute Gasteiger partial charge is 0.481 e. The third-order valence-corrected chi connectivity index (χ3v) is 5.57. The molecule has 0 aromatic carbocycles. The molecule has 2 N–H and O–H groups in total. The Labute approximate surface area is 127 Å². The van der Waals surface area contributed by atoms with E-state index in [2.05, 4.69) is 12.2 Å². The van der Waals surface area contributed by atoms with Crippen molar-refractivity contribution >= 4 is 11.9 Å². The summed E-state index contributed by atoms with van der Waals surface area (Å²) in [6.07, 6.45) is 10.8. The van der Waals surface area contributed by atoms with Crippen LogP contribution in [0.1, 0.15) is 77.6 Å². The molecule has 2 saturated carbocycles. The van der Waals surface area contributed by atoms with Crippen LogP contribution in [0, 0.1) is 10.8 Å². The summed E-state index contributed by atoms with van der Waals surface area (Å²) in [5, 5.41) is 12.3. The van der Waals surface area contributed by atoms with Crippen molar-refractivity contribution in [3.8, 4) is 0 Å². The molecule has 2 aliphatic rings. The van der Waals surface area contributed by atoms with Gasteiger partial charge in [0, 0.05) is 12.0 Å². The van der Waals surface area contributed by atoms with Gasteiger partial charge in [0.15, 0.2) is 0 Å². The summed E-state index contributed by atoms with van der Waals surface area (Å²) < 4.78 is 0. The Kier molecular flexibility index (Phi) is 5.28. The van der Waals surface area contributed by atoms with Crippen LogP contribution in [0.5, 0.6) is 0 Å². The topological polar surface area (TPSA) is 66.4 Å². The van der Waals surface area contributed by atoms with Gasteiger partial charge < -0.3 is 10.4 Å². The molecule has 4 heteroatoms. The van der Waals surface area contributed by atoms with Crippen LogP contribution in [0.3, 0.4) is 0 Å². The number of carboxylic acid groups (broad SMARTS) is 1. The van der Waals surface area contributed by atoms with Crippen molar-refractivity contribution in [2.75, 3.05) is 6.54 Å². The number of aliphatic carboxylic acids is 1. The van der Waals surface area contributed by atoms with Crippen LogP contribution >= 0.6 is 0 Å². The van der Waals surface area contributed by atoms with Crippen molar-refractivity contribution in [3.63, 3.8) is 0 Å². The van der Waals surface area contributed by atoms with Crippen LogP contribution in [0.2, 0.25) is 0 Å². The number of rotatable bonds is 5. The second-order valence-electron chi connectivity index (χ2n) is 7.44. The lowest BCUT2D eigenvalue weighted by Gasteiger charge is -2.38. The summed E-state index contributed by atoms with van der Waals surface area (Å²) in [5.41, 5.74) is -0.456. The fourth-order valence-electron chi connectivity index (χ4n) is 4.08. The number of nitrogens with one attached hydrogen (secondary N) is 1. The molecule has 2 fully saturated rings. The van der Waals surface area contributed by atoms with Crippen molar-refractivity contribution < 1.29 is 14.7 Å². The summed E-state index contributed by atoms with van der Waals surface area (Å²) in [6, 6.07) is 0. The van der Waals surface area contributed by atoms with Crippen molar-refractivity contribution in [1.82, 2.24) is 5.32 Å². The van der Waals surface area contributed by atoms with E-state index in [0.717, 1.165) is 51.4 Å². The zero-order valence-corrected chi connectivity index (χ0v) is 13.2. The fraction of sp³-hybridized carbons (Fsp3) is 0.882. The van der Waals surface area contributed by atoms with E-state index in [0.29, 0.717) is 6.54 Å². The van der Waals surface area contributed by atoms with Gasteiger partial charge in [0.1, 0.15) is 0 Å². The molecule has 0 bridgehead atoms. The molecule has 21 heavy (non-hydrogen) atoms. The Balaban J connectivity index is 1.94. The van der Waals surface area contributed by atoms with Gasteiger partial charge in [-0.25, -0.2) is 0 Å². The number of carboxylic acids is 1. The van der Waals surface area contributed by atoms with Crippen LogP contribution in [-0.4, -0.2) is 23.5 Å². The molecule has 120 valence electrons. The summed E-state index contributed by atoms with van der Waals surface area (Å²) >= 11 is 0. The summed E-state index contributed by atoms with van der Waals surface area (Å²) in [5.74, 6) is -0.604. The van der Waals surface area contributed by atoms with Crippen molar-refractivity contribution in [2.24, 2.45) is 10.8 Å². The molecule has 0 aliphatic heterocycles. The molecule has 0 atom stereocenters. The monoisotopic (exact) mass is 295 g/mol. The first kappa shape index (κ1) is 16.3. The third kappa shape index (κ3) is 4.21. The molecule has 0 unspecified atom stereocenters. The zero-order chi connectivity index (χ0) is 15.3. The van der Waals surface area contributed by atoms with E-state index in [1.54, 1.807) is 0 Å². The Hall–Kier alpha value is -1.06. The SMILES string of the molecule is CC1(C(=O)NCC2(CC(=O)O)CCCCC2)CCCCC1. The maximum atomic E-state index is 12.5. The predicted molar refractivity (Wildman–Crippen MR) is 82.0 cm³/mol. The summed E-state index contributed by atoms with van der Waals surface area (Å²) in [4.78, 5) is 23.7. The molecular weight excluding hydrogens is 266 g/mol. The molecule has 4 nitrogen and oxygen atoms in total. The van der Waals surface area contributed by atoms with E-state index in [-0.39, 0.29) is 23.2 Å². The minimum atomic E-state index is -0.741. The number of hydrogen-bond acceptors (Lipinski definition) is 2. The van der Waals surface area contributed by atoms with Crippen LogP contribution in [0.4, 0.5) is 0 Å². The van der Waals surface area contributed by atoms with E-state index in [1.807, 2.05) is 0 Å². The van der Waals surface area contributed by atoms with Crippen LogP contribution < -0.4 is 5.32 Å². The lowest BCUT2D eigenvalue weighted by Crippen LogP contribution is -2.46. The summed E-state index contributed by atoms with van der Waals surface area (Å²) in [7, 11) is 0. The lowest BCUT2D eigenvalue weighted by atomic mass is 9.71. The van der Waals surface area contributed by atoms with Gasteiger partial charge in [-0.2, -0.15) is 0 Å². The highest BCUT2D eigenvalue weighted by molar-refractivity contribution is 5.82. The van der Waals surface area contributed by atoms with Crippen molar-refractivity contribution in [1.29, 1.82) is 0 Å². The Morgan fingerprint density at radius 2 is 1.48 bits per heavy atom. The highest BCUT2D eigenvalue weighted by atomic mass is 16.4. The number of carbonyl (C=O) groups excluding carboxylic acids is 1. The predicted octanol–water partition coefficient (Wildman–Crippen LogP) is 3.50. The lowest BCUT2D eigenvalue weighted by molar-refractivity contribution is -0.141. The van der Waals surface area contributed by atoms with Gasteiger partial charge in [-0.15, -0.1) is 0 Å². The Morgan fingerprint density at radius 3 is 2.00 bits per heavy atom. The molecular formula is C17H29NO3. The van der Waals surface area contributed by atoms with Gasteiger partial charge in [-0.3, -0.25) is 9.59 Å². The minimum absolute atomic E-state index is 0.137. The smallest absolute Gasteiger partial charge is 0.303 e. The highest BCUT2D eigenvalue weighted by Gasteiger charge is 2.38. The van der Waals surface area contributed by atoms with E-state index < -0.39 is 5.97 Å². The fourth-order valence-corrected chi connectivity index (χ4v) is 4.08. The standard InChI is InChI=1S/C17H29NO3/c1-16(8-4-2-5-9-16)15(21)18-13-17(12-14(19)20)10-6-3-7-11-17/h2-13H2,1H3,(H,18,21)(H,19,20). The maximum Gasteiger partial charge on any atom is 0.303 e. The van der Waals surface area contributed by atoms with Crippen LogP contribution in [0.15, 0.2) is 0 Å². The highest BCUT2D eigenvalue weighted by Crippen LogP contribution is 2.40. The number of amides is 1. The quantitative estimate of drug-likeness (QED) is 0.815. The average Bonchev–Trinajstić information content (AvgIpc) is 2.46. The Morgan fingerprint density at radius 1 is 0.952 bits per heavy atom. The van der Waals surface area contributed by atoms with Crippen LogP contribution in [0.25, 0.3) is 0 Å². The molecule has 0 aromatic heterocycles. The number of carbonyl (C=O) groups is 2. The second-order valence-corrected chi connectivity index (χ2v) is 7.44. The van der Waals surface area contributed by atoms with E-state index in [4.69, 9.17) is 0 Å². The van der Waals surface area contributed by atoms with Crippen molar-refractivity contribution in [3.05, 3.63) is 0 Å². The molecule has 0 heterocycles. The Bertz CT molecular complexity index is 379. The minimum Gasteiger partial charge on any atom is -0.481 e. The molecule has 1 amide bonds. The maximum absolute atomic E-state index is 12.5. The van der Waals surface area contributed by atoms with Gasteiger partial charge in [0.25, 0.3) is 0 Å². The first-order valence-electron chi connectivity index (χ1n) is 8.46. The van der Waals surface area contributed by atoms with E-state index in [9.17, 15) is 14.7 Å². The molecule has 2 aliphatic carbocycles. The molecule has 0 aromatic rings. The van der Waals surface area contributed by atoms with Crippen molar-refractivity contribution in [2.45, 2.75) is 77.6 Å². The van der Waals surface area contributed by atoms with E-state index >= 15 is 0 Å². The molecule has 0 spiro atoms. The van der Waals surface area contributed by atoms with E-state index in [1.165, 1.54) is 12.8 Å². The first-order chi connectivity index (χ1) is 9.96. The first-order valence-corrected chi connectivity index (χ1v) is 8.46. The molecule has 2 rings (SSSR count). The normalized spacial score (nSPS) is 24.2.